The molecular formula is C20H18Cl2N2O2S. The van der Waals surface area contributed by atoms with Crippen LogP contribution in [-0.4, -0.2) is 17.7 Å². The molecule has 0 atom stereocenters. The fourth-order valence-electron chi connectivity index (χ4n) is 2.37. The van der Waals surface area contributed by atoms with E-state index in [-0.39, 0.29) is 5.91 Å². The van der Waals surface area contributed by atoms with Gasteiger partial charge in [0.25, 0.3) is 5.91 Å². The highest BCUT2D eigenvalue weighted by molar-refractivity contribution is 8.18. The van der Waals surface area contributed by atoms with Crippen LogP contribution in [0.2, 0.25) is 10.0 Å². The number of hydrogen-bond acceptors (Lipinski definition) is 4. The van der Waals surface area contributed by atoms with Crippen molar-refractivity contribution < 1.29 is 9.53 Å². The summed E-state index contributed by atoms with van der Waals surface area (Å²) in [7, 11) is 0. The Kier molecular flexibility index (Phi) is 6.47. The largest absolute Gasteiger partial charge is 0.490 e. The highest BCUT2D eigenvalue weighted by atomic mass is 35.5. The third kappa shape index (κ3) is 5.06. The van der Waals surface area contributed by atoms with Gasteiger partial charge in [-0.25, -0.2) is 4.99 Å². The number of aliphatic imine (C=N–C) groups is 1. The Balaban J connectivity index is 1.81. The second kappa shape index (κ2) is 8.83. The van der Waals surface area contributed by atoms with Crippen LogP contribution in [0.3, 0.4) is 0 Å². The Hall–Kier alpha value is -1.95. The molecule has 1 N–H and O–H groups in total. The summed E-state index contributed by atoms with van der Waals surface area (Å²) in [6, 6.07) is 11.2. The molecule has 27 heavy (non-hydrogen) atoms. The molecule has 140 valence electrons. The highest BCUT2D eigenvalue weighted by Crippen LogP contribution is 2.36. The highest BCUT2D eigenvalue weighted by Gasteiger charge is 2.24. The maximum absolute atomic E-state index is 12.2. The van der Waals surface area contributed by atoms with Crippen LogP contribution in [0, 0.1) is 6.92 Å². The smallest absolute Gasteiger partial charge is 0.264 e. The minimum Gasteiger partial charge on any atom is -0.490 e. The van der Waals surface area contributed by atoms with Gasteiger partial charge < -0.3 is 10.1 Å². The van der Waals surface area contributed by atoms with Gasteiger partial charge in [-0.1, -0.05) is 47.8 Å². The third-order valence-corrected chi connectivity index (χ3v) is 5.16. The average molecular weight is 421 g/mol. The maximum atomic E-state index is 12.2. The Morgan fingerprint density at radius 1 is 1.19 bits per heavy atom. The molecule has 0 unspecified atom stereocenters. The molecule has 7 heteroatoms. The molecule has 1 amide bonds. The minimum absolute atomic E-state index is 0.204. The van der Waals surface area contributed by atoms with E-state index in [9.17, 15) is 4.79 Å². The molecule has 3 rings (SSSR count). The van der Waals surface area contributed by atoms with Gasteiger partial charge in [-0.15, -0.1) is 0 Å². The van der Waals surface area contributed by atoms with Crippen LogP contribution in [-0.2, 0) is 4.79 Å². The lowest BCUT2D eigenvalue weighted by atomic mass is 10.2. The van der Waals surface area contributed by atoms with E-state index in [1.165, 1.54) is 11.8 Å². The first kappa shape index (κ1) is 19.8. The van der Waals surface area contributed by atoms with Crippen molar-refractivity contribution in [3.8, 4) is 5.75 Å². The van der Waals surface area contributed by atoms with Crippen LogP contribution in [0.4, 0.5) is 5.69 Å². The predicted octanol–water partition coefficient (Wildman–Crippen LogP) is 5.98. The van der Waals surface area contributed by atoms with Gasteiger partial charge in [0.05, 0.1) is 27.2 Å². The van der Waals surface area contributed by atoms with Gasteiger partial charge in [0, 0.05) is 0 Å². The summed E-state index contributed by atoms with van der Waals surface area (Å²) in [4.78, 5) is 17.2. The van der Waals surface area contributed by atoms with E-state index in [1.807, 2.05) is 38.1 Å². The number of carbonyl (C=O) groups excluding carboxylic acids is 1. The molecular weight excluding hydrogens is 403 g/mol. The lowest BCUT2D eigenvalue weighted by Gasteiger charge is -2.10. The van der Waals surface area contributed by atoms with Crippen molar-refractivity contribution in [1.29, 1.82) is 0 Å². The number of benzene rings is 2. The minimum atomic E-state index is -0.204. The van der Waals surface area contributed by atoms with Crippen molar-refractivity contribution in [3.63, 3.8) is 0 Å². The number of amides is 1. The van der Waals surface area contributed by atoms with Gasteiger partial charge in [-0.3, -0.25) is 4.79 Å². The summed E-state index contributed by atoms with van der Waals surface area (Å²) >= 11 is 13.8. The van der Waals surface area contributed by atoms with Gasteiger partial charge >= 0.3 is 0 Å². The molecule has 2 aromatic carbocycles. The number of nitrogens with one attached hydrogen (secondary N) is 1. The van der Waals surface area contributed by atoms with Crippen LogP contribution < -0.4 is 10.1 Å². The zero-order valence-electron chi connectivity index (χ0n) is 14.9. The Morgan fingerprint density at radius 2 is 1.85 bits per heavy atom. The molecule has 1 aliphatic rings. The second-order valence-corrected chi connectivity index (χ2v) is 7.82. The first-order chi connectivity index (χ1) is 13.0. The topological polar surface area (TPSA) is 50.7 Å². The van der Waals surface area contributed by atoms with Crippen molar-refractivity contribution in [2.75, 3.05) is 6.61 Å². The Bertz CT molecular complexity index is 901. The summed E-state index contributed by atoms with van der Waals surface area (Å²) < 4.78 is 5.57. The Labute approximate surface area is 172 Å². The second-order valence-electron chi connectivity index (χ2n) is 5.98. The Morgan fingerprint density at radius 3 is 2.48 bits per heavy atom. The normalized spacial score (nSPS) is 16.8. The zero-order valence-corrected chi connectivity index (χ0v) is 17.2. The van der Waals surface area contributed by atoms with Crippen LogP contribution >= 0.6 is 35.0 Å². The molecule has 1 heterocycles. The molecule has 0 radical (unpaired) electrons. The van der Waals surface area contributed by atoms with Crippen LogP contribution in [0.1, 0.15) is 24.5 Å². The van der Waals surface area contributed by atoms with E-state index in [0.29, 0.717) is 32.5 Å². The zero-order chi connectivity index (χ0) is 19.4. The summed E-state index contributed by atoms with van der Waals surface area (Å²) in [5, 5.41) is 4.14. The average Bonchev–Trinajstić information content (AvgIpc) is 2.95. The van der Waals surface area contributed by atoms with Crippen molar-refractivity contribution in [1.82, 2.24) is 5.32 Å². The molecule has 1 fully saturated rings. The molecule has 0 aromatic heterocycles. The standard InChI is InChI=1S/C20H18Cl2N2O2S/c1-3-8-26-18-15(21)9-13(10-16(18)22)11-17-19(25)24-20(27-17)23-14-6-4-12(2)5-7-14/h4-7,9-11H,3,8H2,1-2H3,(H,23,24,25)/b17-11-. The molecule has 0 bridgehead atoms. The van der Waals surface area contributed by atoms with E-state index in [0.717, 1.165) is 23.2 Å². The number of carbonyl (C=O) groups is 1. The van der Waals surface area contributed by atoms with Crippen LogP contribution in [0.25, 0.3) is 6.08 Å². The molecule has 0 spiro atoms. The molecule has 1 saturated heterocycles. The number of thioether (sulfide) groups is 1. The van der Waals surface area contributed by atoms with Crippen molar-refractivity contribution in [3.05, 3.63) is 62.5 Å². The predicted molar refractivity (Wildman–Crippen MR) is 114 cm³/mol. The molecule has 2 aromatic rings. The van der Waals surface area contributed by atoms with Gasteiger partial charge in [0.1, 0.15) is 0 Å². The van der Waals surface area contributed by atoms with Gasteiger partial charge in [-0.05, 0) is 61.0 Å². The number of halogens is 2. The summed E-state index contributed by atoms with van der Waals surface area (Å²) in [5.41, 5.74) is 2.67. The van der Waals surface area contributed by atoms with Crippen molar-refractivity contribution in [2.45, 2.75) is 20.3 Å². The van der Waals surface area contributed by atoms with E-state index < -0.39 is 0 Å². The van der Waals surface area contributed by atoms with E-state index in [4.69, 9.17) is 27.9 Å². The van der Waals surface area contributed by atoms with Crippen LogP contribution in [0.5, 0.6) is 5.75 Å². The number of amidine groups is 1. The third-order valence-electron chi connectivity index (χ3n) is 3.68. The number of rotatable bonds is 5. The first-order valence-corrected chi connectivity index (χ1v) is 10.0. The number of ether oxygens (including phenoxy) is 1. The van der Waals surface area contributed by atoms with Gasteiger partial charge in [0.2, 0.25) is 0 Å². The molecule has 0 aliphatic carbocycles. The summed E-state index contributed by atoms with van der Waals surface area (Å²) in [6.07, 6.45) is 2.59. The van der Waals surface area contributed by atoms with E-state index in [1.54, 1.807) is 18.2 Å². The van der Waals surface area contributed by atoms with Crippen molar-refractivity contribution >= 4 is 57.8 Å². The SMILES string of the molecule is CCCOc1c(Cl)cc(/C=C2\SC(=Nc3ccc(C)cc3)NC2=O)cc1Cl. The first-order valence-electron chi connectivity index (χ1n) is 8.44. The lowest BCUT2D eigenvalue weighted by molar-refractivity contribution is -0.115. The van der Waals surface area contributed by atoms with Crippen molar-refractivity contribution in [2.24, 2.45) is 4.99 Å². The number of hydrogen-bond donors (Lipinski definition) is 1. The van der Waals surface area contributed by atoms with E-state index >= 15 is 0 Å². The van der Waals surface area contributed by atoms with E-state index in [2.05, 4.69) is 10.3 Å². The number of aryl methyl sites for hydroxylation is 1. The molecule has 4 nitrogen and oxygen atoms in total. The quantitative estimate of drug-likeness (QED) is 0.604. The number of nitrogens with zero attached hydrogens (tertiary/aromatic N) is 1. The fourth-order valence-corrected chi connectivity index (χ4v) is 3.83. The van der Waals surface area contributed by atoms with Gasteiger partial charge in [0.15, 0.2) is 10.9 Å². The molecule has 0 saturated carbocycles. The molecule has 1 aliphatic heterocycles. The summed E-state index contributed by atoms with van der Waals surface area (Å²) in [5.74, 6) is 0.261. The summed E-state index contributed by atoms with van der Waals surface area (Å²) in [6.45, 7) is 4.56. The fraction of sp³-hybridized carbons (Fsp3) is 0.200. The monoisotopic (exact) mass is 420 g/mol. The van der Waals surface area contributed by atoms with Crippen LogP contribution in [0.15, 0.2) is 46.3 Å². The van der Waals surface area contributed by atoms with Gasteiger partial charge in [-0.2, -0.15) is 0 Å². The lowest BCUT2D eigenvalue weighted by Crippen LogP contribution is -2.19. The maximum Gasteiger partial charge on any atom is 0.264 e.